The summed E-state index contributed by atoms with van der Waals surface area (Å²) < 4.78 is 11.8. The van der Waals surface area contributed by atoms with Crippen molar-refractivity contribution in [3.8, 4) is 17.0 Å². The molecule has 0 amide bonds. The number of fused-ring (bicyclic) bond motifs is 2. The molecule has 1 aliphatic carbocycles. The Morgan fingerprint density at radius 1 is 1.06 bits per heavy atom. The number of nitrogens with zero attached hydrogens (tertiary/aromatic N) is 3. The molecule has 2 N–H and O–H groups in total. The van der Waals surface area contributed by atoms with Gasteiger partial charge in [0.2, 0.25) is 0 Å². The van der Waals surface area contributed by atoms with Crippen molar-refractivity contribution in [3.63, 3.8) is 0 Å². The fraction of sp³-hybridized carbons (Fsp3) is 0.276. The smallest absolute Gasteiger partial charge is 0.137 e. The molecule has 1 aromatic carbocycles. The van der Waals surface area contributed by atoms with Gasteiger partial charge in [-0.1, -0.05) is 6.08 Å². The van der Waals surface area contributed by atoms with Gasteiger partial charge in [-0.05, 0) is 74.2 Å². The van der Waals surface area contributed by atoms with Crippen LogP contribution in [0.15, 0.2) is 67.1 Å². The molecule has 180 valence electrons. The van der Waals surface area contributed by atoms with E-state index in [-0.39, 0.29) is 6.10 Å². The van der Waals surface area contributed by atoms with Gasteiger partial charge < -0.3 is 14.5 Å². The number of rotatable bonds is 5. The van der Waals surface area contributed by atoms with E-state index in [1.165, 1.54) is 12.0 Å². The lowest BCUT2D eigenvalue weighted by atomic mass is 9.73. The average molecular weight is 478 g/mol. The molecule has 7 nitrogen and oxygen atoms in total. The number of hydrogen-bond acceptors (Lipinski definition) is 5. The molecular weight excluding hydrogens is 450 g/mol. The van der Waals surface area contributed by atoms with Crippen LogP contribution in [-0.2, 0) is 4.74 Å². The number of nitrogens with one attached hydrogen (secondary N) is 2. The maximum absolute atomic E-state index is 6.36. The molecule has 1 aliphatic heterocycles. The van der Waals surface area contributed by atoms with Crippen LogP contribution in [0.2, 0.25) is 0 Å². The number of hydrogen-bond donors (Lipinski definition) is 2. The van der Waals surface area contributed by atoms with Crippen molar-refractivity contribution in [1.82, 2.24) is 25.1 Å². The van der Waals surface area contributed by atoms with Crippen molar-refractivity contribution < 1.29 is 9.47 Å². The number of H-pyrrole nitrogens is 2. The maximum atomic E-state index is 6.36. The molecule has 7 heteroatoms. The molecule has 5 heterocycles. The summed E-state index contributed by atoms with van der Waals surface area (Å²) in [5.41, 5.74) is 7.58. The van der Waals surface area contributed by atoms with Crippen LogP contribution in [0.4, 0.5) is 0 Å². The van der Waals surface area contributed by atoms with Gasteiger partial charge in [0.05, 0.1) is 24.4 Å². The van der Waals surface area contributed by atoms with Crippen molar-refractivity contribution in [2.24, 2.45) is 5.41 Å². The second kappa shape index (κ2) is 8.31. The summed E-state index contributed by atoms with van der Waals surface area (Å²) >= 11 is 0. The average Bonchev–Trinajstić information content (AvgIpc) is 3.55. The van der Waals surface area contributed by atoms with Crippen molar-refractivity contribution >= 4 is 27.5 Å². The standard InChI is InChI=1S/C29H27N5O2/c1-18(22-8-12-30-28-23(22)9-13-31-28)36-21-3-5-26-24(14-21)27(34-33-26)20-2-4-25(32-15-20)19-6-10-29(11-7-19)16-35-17-29/h2-6,8-9,12-15,18H,7,10-11,16-17H2,1H3,(H,30,31)(H,33,34)/t18-/m1/s1. The predicted octanol–water partition coefficient (Wildman–Crippen LogP) is 6.23. The third-order valence-electron chi connectivity index (χ3n) is 7.67. The Bertz CT molecular complexity index is 1590. The van der Waals surface area contributed by atoms with Gasteiger partial charge in [0, 0.05) is 45.9 Å². The molecule has 0 unspecified atom stereocenters. The fourth-order valence-electron chi connectivity index (χ4n) is 5.44. The Labute approximate surface area is 208 Å². The van der Waals surface area contributed by atoms with Crippen molar-refractivity contribution in [3.05, 3.63) is 78.4 Å². The van der Waals surface area contributed by atoms with Crippen molar-refractivity contribution in [2.45, 2.75) is 32.3 Å². The Hall–Kier alpha value is -3.97. The molecule has 1 fully saturated rings. The molecule has 1 atom stereocenters. The van der Waals surface area contributed by atoms with Gasteiger partial charge in [0.1, 0.15) is 23.2 Å². The van der Waals surface area contributed by atoms with Crippen LogP contribution in [0.25, 0.3) is 38.8 Å². The highest BCUT2D eigenvalue weighted by molar-refractivity contribution is 5.93. The van der Waals surface area contributed by atoms with Gasteiger partial charge in [-0.25, -0.2) is 4.98 Å². The highest BCUT2D eigenvalue weighted by Crippen LogP contribution is 2.43. The van der Waals surface area contributed by atoms with Crippen LogP contribution < -0.4 is 4.74 Å². The lowest BCUT2D eigenvalue weighted by Gasteiger charge is -2.43. The molecule has 1 spiro atoms. The van der Waals surface area contributed by atoms with E-state index >= 15 is 0 Å². The third kappa shape index (κ3) is 3.58. The van der Waals surface area contributed by atoms with Crippen LogP contribution >= 0.6 is 0 Å². The highest BCUT2D eigenvalue weighted by atomic mass is 16.5. The topological polar surface area (TPSA) is 88.7 Å². The molecule has 0 saturated carbocycles. The summed E-state index contributed by atoms with van der Waals surface area (Å²) in [7, 11) is 0. The Kier molecular flexibility index (Phi) is 4.92. The van der Waals surface area contributed by atoms with E-state index in [2.05, 4.69) is 51.4 Å². The zero-order valence-electron chi connectivity index (χ0n) is 20.1. The van der Waals surface area contributed by atoms with Gasteiger partial charge in [0.25, 0.3) is 0 Å². The highest BCUT2D eigenvalue weighted by Gasteiger charge is 2.39. The molecule has 7 rings (SSSR count). The van der Waals surface area contributed by atoms with E-state index in [0.717, 1.165) is 76.3 Å². The molecule has 36 heavy (non-hydrogen) atoms. The van der Waals surface area contributed by atoms with Crippen LogP contribution in [0.5, 0.6) is 5.75 Å². The van der Waals surface area contributed by atoms with E-state index in [4.69, 9.17) is 14.5 Å². The minimum absolute atomic E-state index is 0.130. The number of aromatic nitrogens is 5. The molecule has 2 aliphatic rings. The van der Waals surface area contributed by atoms with Gasteiger partial charge in [0.15, 0.2) is 0 Å². The van der Waals surface area contributed by atoms with E-state index in [1.54, 1.807) is 0 Å². The van der Waals surface area contributed by atoms with Crippen LogP contribution in [0.1, 0.15) is 43.5 Å². The summed E-state index contributed by atoms with van der Waals surface area (Å²) in [6.07, 6.45) is 11.2. The van der Waals surface area contributed by atoms with Crippen molar-refractivity contribution in [1.29, 1.82) is 0 Å². The zero-order chi connectivity index (χ0) is 24.1. The molecule has 0 bridgehead atoms. The second-order valence-electron chi connectivity index (χ2n) is 10.0. The minimum Gasteiger partial charge on any atom is -0.486 e. The first-order valence-electron chi connectivity index (χ1n) is 12.5. The molecule has 0 radical (unpaired) electrons. The summed E-state index contributed by atoms with van der Waals surface area (Å²) in [6, 6.07) is 14.3. The largest absolute Gasteiger partial charge is 0.486 e. The molecule has 1 saturated heterocycles. The summed E-state index contributed by atoms with van der Waals surface area (Å²) in [6.45, 7) is 3.86. The summed E-state index contributed by atoms with van der Waals surface area (Å²) in [5, 5.41) is 9.83. The quantitative estimate of drug-likeness (QED) is 0.313. The minimum atomic E-state index is -0.130. The first-order chi connectivity index (χ1) is 17.7. The van der Waals surface area contributed by atoms with Crippen molar-refractivity contribution in [2.75, 3.05) is 13.2 Å². The number of ether oxygens (including phenoxy) is 2. The lowest BCUT2D eigenvalue weighted by molar-refractivity contribution is -0.116. The monoisotopic (exact) mass is 477 g/mol. The van der Waals surface area contributed by atoms with Crippen LogP contribution in [-0.4, -0.2) is 38.4 Å². The van der Waals surface area contributed by atoms with Gasteiger partial charge in [-0.2, -0.15) is 5.10 Å². The number of allylic oxidation sites excluding steroid dienone is 2. The van der Waals surface area contributed by atoms with E-state index in [9.17, 15) is 0 Å². The maximum Gasteiger partial charge on any atom is 0.137 e. The SMILES string of the molecule is C[C@@H](Oc1ccc2[nH]nc(-c3ccc(C4=CCC5(CC4)COC5)nc3)c2c1)c1ccnc2[nH]ccc12. The Morgan fingerprint density at radius 3 is 2.78 bits per heavy atom. The molecule has 4 aromatic heterocycles. The van der Waals surface area contributed by atoms with Gasteiger partial charge in [-0.15, -0.1) is 0 Å². The fourth-order valence-corrected chi connectivity index (χ4v) is 5.44. The van der Waals surface area contributed by atoms with Gasteiger partial charge in [-0.3, -0.25) is 10.1 Å². The normalized spacial score (nSPS) is 17.8. The first kappa shape index (κ1) is 21.3. The third-order valence-corrected chi connectivity index (χ3v) is 7.67. The first-order valence-corrected chi connectivity index (χ1v) is 12.5. The summed E-state index contributed by atoms with van der Waals surface area (Å²) in [5.74, 6) is 0.795. The zero-order valence-corrected chi connectivity index (χ0v) is 20.1. The van der Waals surface area contributed by atoms with Crippen LogP contribution in [0.3, 0.4) is 0 Å². The number of aromatic amines is 2. The molecule has 5 aromatic rings. The van der Waals surface area contributed by atoms with E-state index in [0.29, 0.717) is 5.41 Å². The lowest BCUT2D eigenvalue weighted by Crippen LogP contribution is -2.43. The number of benzene rings is 1. The predicted molar refractivity (Wildman–Crippen MR) is 140 cm³/mol. The Morgan fingerprint density at radius 2 is 2.00 bits per heavy atom. The van der Waals surface area contributed by atoms with E-state index in [1.807, 2.05) is 42.9 Å². The summed E-state index contributed by atoms with van der Waals surface area (Å²) in [4.78, 5) is 12.3. The van der Waals surface area contributed by atoms with E-state index < -0.39 is 0 Å². The number of pyridine rings is 2. The molecular formula is C29H27N5O2. The van der Waals surface area contributed by atoms with Crippen LogP contribution in [0, 0.1) is 5.41 Å². The second-order valence-corrected chi connectivity index (χ2v) is 10.0. The Balaban J connectivity index is 1.14. The van der Waals surface area contributed by atoms with Gasteiger partial charge >= 0.3 is 0 Å².